The SMILES string of the molecule is COc1cc(CNC(=O)Nc2c(F)cccc2F)cc(OC)c1. The Kier molecular flexibility index (Phi) is 5.35. The Balaban J connectivity index is 2.02. The fraction of sp³-hybridized carbons (Fsp3) is 0.188. The third-order valence-electron chi connectivity index (χ3n) is 3.07. The van der Waals surface area contributed by atoms with Crippen LogP contribution in [0, 0.1) is 11.6 Å². The lowest BCUT2D eigenvalue weighted by molar-refractivity contribution is 0.251. The van der Waals surface area contributed by atoms with Gasteiger partial charge in [0, 0.05) is 12.6 Å². The first-order valence-electron chi connectivity index (χ1n) is 6.74. The molecule has 2 aromatic carbocycles. The summed E-state index contributed by atoms with van der Waals surface area (Å²) in [5.41, 5.74) is 0.221. The van der Waals surface area contributed by atoms with E-state index in [1.807, 2.05) is 0 Å². The standard InChI is InChI=1S/C16H16F2N2O3/c1-22-11-6-10(7-12(8-11)23-2)9-19-16(21)20-15-13(17)4-3-5-14(15)18/h3-8H,9H2,1-2H3,(H2,19,20,21). The average Bonchev–Trinajstić information content (AvgIpc) is 2.56. The number of hydrogen-bond donors (Lipinski definition) is 2. The van der Waals surface area contributed by atoms with Gasteiger partial charge in [-0.15, -0.1) is 0 Å². The zero-order valence-electron chi connectivity index (χ0n) is 12.7. The predicted octanol–water partition coefficient (Wildman–Crippen LogP) is 3.30. The van der Waals surface area contributed by atoms with Crippen LogP contribution in [0.5, 0.6) is 11.5 Å². The number of amides is 2. The lowest BCUT2D eigenvalue weighted by Crippen LogP contribution is -2.29. The maximum absolute atomic E-state index is 13.5. The summed E-state index contributed by atoms with van der Waals surface area (Å²) < 4.78 is 37.2. The van der Waals surface area contributed by atoms with Crippen molar-refractivity contribution in [1.29, 1.82) is 0 Å². The molecule has 0 atom stereocenters. The molecular weight excluding hydrogens is 306 g/mol. The third kappa shape index (κ3) is 4.32. The van der Waals surface area contributed by atoms with Crippen molar-refractivity contribution in [2.45, 2.75) is 6.54 Å². The van der Waals surface area contributed by atoms with Crippen LogP contribution in [0.15, 0.2) is 36.4 Å². The Morgan fingerprint density at radius 1 is 1.04 bits per heavy atom. The van der Waals surface area contributed by atoms with Gasteiger partial charge < -0.3 is 20.1 Å². The highest BCUT2D eigenvalue weighted by molar-refractivity contribution is 5.89. The lowest BCUT2D eigenvalue weighted by Gasteiger charge is -2.11. The number of urea groups is 1. The van der Waals surface area contributed by atoms with E-state index in [0.29, 0.717) is 17.1 Å². The molecule has 0 aliphatic heterocycles. The minimum absolute atomic E-state index is 0.134. The number of carbonyl (C=O) groups excluding carboxylic acids is 1. The Morgan fingerprint density at radius 3 is 2.13 bits per heavy atom. The van der Waals surface area contributed by atoms with Crippen LogP contribution in [0.2, 0.25) is 0 Å². The summed E-state index contributed by atoms with van der Waals surface area (Å²) in [5, 5.41) is 4.65. The van der Waals surface area contributed by atoms with E-state index in [2.05, 4.69) is 10.6 Å². The van der Waals surface area contributed by atoms with Crippen LogP contribution < -0.4 is 20.1 Å². The topological polar surface area (TPSA) is 59.6 Å². The van der Waals surface area contributed by atoms with Crippen molar-refractivity contribution >= 4 is 11.7 Å². The highest BCUT2D eigenvalue weighted by atomic mass is 19.1. The van der Waals surface area contributed by atoms with Crippen LogP contribution in [-0.4, -0.2) is 20.3 Å². The van der Waals surface area contributed by atoms with Crippen LogP contribution in [0.25, 0.3) is 0 Å². The quantitative estimate of drug-likeness (QED) is 0.888. The minimum Gasteiger partial charge on any atom is -0.497 e. The number of ether oxygens (including phenoxy) is 2. The Labute approximate surface area is 132 Å². The van der Waals surface area contributed by atoms with E-state index in [4.69, 9.17) is 9.47 Å². The van der Waals surface area contributed by atoms with Gasteiger partial charge in [0.2, 0.25) is 0 Å². The van der Waals surface area contributed by atoms with Gasteiger partial charge in [0.1, 0.15) is 28.8 Å². The summed E-state index contributed by atoms with van der Waals surface area (Å²) in [6.45, 7) is 0.134. The maximum atomic E-state index is 13.5. The highest BCUT2D eigenvalue weighted by Crippen LogP contribution is 2.22. The number of para-hydroxylation sites is 1. The monoisotopic (exact) mass is 322 g/mol. The fourth-order valence-corrected chi connectivity index (χ4v) is 1.93. The number of carbonyl (C=O) groups is 1. The Bertz CT molecular complexity index is 665. The zero-order chi connectivity index (χ0) is 16.8. The molecule has 0 aromatic heterocycles. The molecule has 2 amide bonds. The predicted molar refractivity (Wildman–Crippen MR) is 81.8 cm³/mol. The molecule has 0 bridgehead atoms. The second kappa shape index (κ2) is 7.44. The molecule has 2 N–H and O–H groups in total. The van der Waals surface area contributed by atoms with Crippen LogP contribution in [0.3, 0.4) is 0 Å². The second-order valence-electron chi connectivity index (χ2n) is 4.63. The second-order valence-corrected chi connectivity index (χ2v) is 4.63. The molecule has 0 fully saturated rings. The lowest BCUT2D eigenvalue weighted by atomic mass is 10.2. The fourth-order valence-electron chi connectivity index (χ4n) is 1.93. The first kappa shape index (κ1) is 16.5. The van der Waals surface area contributed by atoms with Gasteiger partial charge in [-0.1, -0.05) is 6.07 Å². The van der Waals surface area contributed by atoms with Gasteiger partial charge in [-0.2, -0.15) is 0 Å². The molecule has 2 aromatic rings. The van der Waals surface area contributed by atoms with Crippen molar-refractivity contribution in [3.63, 3.8) is 0 Å². The molecular formula is C16H16F2N2O3. The molecule has 5 nitrogen and oxygen atoms in total. The van der Waals surface area contributed by atoms with Crippen LogP contribution in [-0.2, 0) is 6.54 Å². The molecule has 2 rings (SSSR count). The number of methoxy groups -OCH3 is 2. The molecule has 0 saturated carbocycles. The molecule has 0 heterocycles. The number of benzene rings is 2. The summed E-state index contributed by atoms with van der Waals surface area (Å²) in [5.74, 6) is -0.546. The van der Waals surface area contributed by atoms with Crippen LogP contribution in [0.1, 0.15) is 5.56 Å². The van der Waals surface area contributed by atoms with Crippen molar-refractivity contribution in [1.82, 2.24) is 5.32 Å². The first-order chi connectivity index (χ1) is 11.0. The van der Waals surface area contributed by atoms with Gasteiger partial charge in [-0.05, 0) is 29.8 Å². The molecule has 122 valence electrons. The summed E-state index contributed by atoms with van der Waals surface area (Å²) in [4.78, 5) is 11.8. The molecule has 0 saturated heterocycles. The van der Waals surface area contributed by atoms with Gasteiger partial charge in [0.05, 0.1) is 14.2 Å². The molecule has 7 heteroatoms. The Hall–Kier alpha value is -2.83. The Morgan fingerprint density at radius 2 is 1.61 bits per heavy atom. The van der Waals surface area contributed by atoms with Gasteiger partial charge in [0.15, 0.2) is 0 Å². The van der Waals surface area contributed by atoms with E-state index in [1.165, 1.54) is 20.3 Å². The van der Waals surface area contributed by atoms with Gasteiger partial charge in [0.25, 0.3) is 0 Å². The minimum atomic E-state index is -0.844. The largest absolute Gasteiger partial charge is 0.497 e. The van der Waals surface area contributed by atoms with Gasteiger partial charge in [-0.25, -0.2) is 13.6 Å². The molecule has 0 aliphatic rings. The highest BCUT2D eigenvalue weighted by Gasteiger charge is 2.11. The number of hydrogen-bond acceptors (Lipinski definition) is 3. The van der Waals surface area contributed by atoms with E-state index in [1.54, 1.807) is 18.2 Å². The summed E-state index contributed by atoms with van der Waals surface area (Å²) >= 11 is 0. The van der Waals surface area contributed by atoms with E-state index in [0.717, 1.165) is 12.1 Å². The number of anilines is 1. The van der Waals surface area contributed by atoms with Crippen molar-refractivity contribution in [2.24, 2.45) is 0 Å². The first-order valence-corrected chi connectivity index (χ1v) is 6.74. The van der Waals surface area contributed by atoms with E-state index in [-0.39, 0.29) is 6.54 Å². The summed E-state index contributed by atoms with van der Waals surface area (Å²) in [6, 6.07) is 7.74. The van der Waals surface area contributed by atoms with E-state index >= 15 is 0 Å². The normalized spacial score (nSPS) is 10.1. The molecule has 0 radical (unpaired) electrons. The van der Waals surface area contributed by atoms with E-state index in [9.17, 15) is 13.6 Å². The van der Waals surface area contributed by atoms with Gasteiger partial charge >= 0.3 is 6.03 Å². The van der Waals surface area contributed by atoms with Crippen molar-refractivity contribution in [2.75, 3.05) is 19.5 Å². The number of halogens is 2. The maximum Gasteiger partial charge on any atom is 0.319 e. The van der Waals surface area contributed by atoms with Crippen molar-refractivity contribution in [3.05, 3.63) is 53.6 Å². The van der Waals surface area contributed by atoms with Crippen molar-refractivity contribution < 1.29 is 23.0 Å². The van der Waals surface area contributed by atoms with Crippen molar-refractivity contribution in [3.8, 4) is 11.5 Å². The van der Waals surface area contributed by atoms with Crippen LogP contribution in [0.4, 0.5) is 19.3 Å². The van der Waals surface area contributed by atoms with Crippen LogP contribution >= 0.6 is 0 Å². The molecule has 0 spiro atoms. The molecule has 0 unspecified atom stereocenters. The molecule has 0 aliphatic carbocycles. The average molecular weight is 322 g/mol. The van der Waals surface area contributed by atoms with E-state index < -0.39 is 23.4 Å². The molecule has 23 heavy (non-hydrogen) atoms. The smallest absolute Gasteiger partial charge is 0.319 e. The number of nitrogens with one attached hydrogen (secondary N) is 2. The van der Waals surface area contributed by atoms with Gasteiger partial charge in [-0.3, -0.25) is 0 Å². The number of rotatable bonds is 5. The summed E-state index contributed by atoms with van der Waals surface area (Å²) in [7, 11) is 3.03. The summed E-state index contributed by atoms with van der Waals surface area (Å²) in [6.07, 6.45) is 0. The zero-order valence-corrected chi connectivity index (χ0v) is 12.7. The third-order valence-corrected chi connectivity index (χ3v) is 3.07.